The first kappa shape index (κ1) is 15.9. The van der Waals surface area contributed by atoms with Crippen molar-refractivity contribution in [2.24, 2.45) is 0 Å². The third-order valence-electron chi connectivity index (χ3n) is 5.09. The topological polar surface area (TPSA) is 52.6 Å². The van der Waals surface area contributed by atoms with Gasteiger partial charge in [0.15, 0.2) is 0 Å². The summed E-state index contributed by atoms with van der Waals surface area (Å²) in [5.74, 6) is 1.89. The van der Waals surface area contributed by atoms with Crippen LogP contribution in [0, 0.1) is 0 Å². The highest BCUT2D eigenvalue weighted by Gasteiger charge is 2.22. The average molecular weight is 337 g/mol. The first-order valence-corrected chi connectivity index (χ1v) is 8.86. The molecular formula is C19H23N5O. The summed E-state index contributed by atoms with van der Waals surface area (Å²) in [6, 6.07) is 10.6. The summed E-state index contributed by atoms with van der Waals surface area (Å²) in [4.78, 5) is 27.2. The van der Waals surface area contributed by atoms with Crippen LogP contribution in [0.1, 0.15) is 18.1 Å². The molecule has 25 heavy (non-hydrogen) atoms. The molecule has 6 heteroatoms. The fourth-order valence-corrected chi connectivity index (χ4v) is 3.58. The molecule has 0 bridgehead atoms. The number of amides is 1. The van der Waals surface area contributed by atoms with Crippen molar-refractivity contribution in [2.75, 3.05) is 42.5 Å². The Hall–Kier alpha value is -2.63. The van der Waals surface area contributed by atoms with Crippen molar-refractivity contribution >= 4 is 17.7 Å². The van der Waals surface area contributed by atoms with E-state index in [0.29, 0.717) is 0 Å². The van der Waals surface area contributed by atoms with Gasteiger partial charge in [0.05, 0.1) is 0 Å². The van der Waals surface area contributed by atoms with Crippen LogP contribution in [0.5, 0.6) is 0 Å². The lowest BCUT2D eigenvalue weighted by molar-refractivity contribution is -0.129. The molecule has 6 nitrogen and oxygen atoms in total. The average Bonchev–Trinajstić information content (AvgIpc) is 2.68. The highest BCUT2D eigenvalue weighted by Crippen LogP contribution is 2.23. The molecule has 1 amide bonds. The van der Waals surface area contributed by atoms with E-state index in [4.69, 9.17) is 4.98 Å². The highest BCUT2D eigenvalue weighted by atomic mass is 16.2. The summed E-state index contributed by atoms with van der Waals surface area (Å²) in [5, 5.41) is 0. The molecule has 2 aliphatic rings. The van der Waals surface area contributed by atoms with Gasteiger partial charge in [-0.3, -0.25) is 4.79 Å². The number of hydrogen-bond donors (Lipinski definition) is 0. The second-order valence-corrected chi connectivity index (χ2v) is 6.65. The van der Waals surface area contributed by atoms with Crippen LogP contribution in [0.2, 0.25) is 0 Å². The summed E-state index contributed by atoms with van der Waals surface area (Å²) >= 11 is 0. The van der Waals surface area contributed by atoms with E-state index in [-0.39, 0.29) is 5.91 Å². The van der Waals surface area contributed by atoms with Crippen LogP contribution < -0.4 is 9.80 Å². The minimum atomic E-state index is 0.148. The number of carbonyl (C=O) groups is 1. The number of piperazine rings is 1. The zero-order chi connectivity index (χ0) is 17.2. The van der Waals surface area contributed by atoms with Gasteiger partial charge in [-0.1, -0.05) is 24.3 Å². The zero-order valence-electron chi connectivity index (χ0n) is 14.6. The number of anilines is 2. The molecule has 0 spiro atoms. The third kappa shape index (κ3) is 3.29. The van der Waals surface area contributed by atoms with Crippen molar-refractivity contribution in [3.05, 3.63) is 47.7 Å². The maximum Gasteiger partial charge on any atom is 0.227 e. The predicted molar refractivity (Wildman–Crippen MR) is 97.7 cm³/mol. The Bertz CT molecular complexity index is 770. The molecule has 130 valence electrons. The van der Waals surface area contributed by atoms with E-state index in [0.717, 1.165) is 57.5 Å². The summed E-state index contributed by atoms with van der Waals surface area (Å²) in [5.41, 5.74) is 2.79. The molecule has 1 fully saturated rings. The SMILES string of the molecule is CC(=O)N1CCN(c2ccnc(N3CCc4ccccc4C3)n2)CC1. The fraction of sp³-hybridized carbons (Fsp3) is 0.421. The van der Waals surface area contributed by atoms with Gasteiger partial charge in [-0.15, -0.1) is 0 Å². The van der Waals surface area contributed by atoms with Gasteiger partial charge in [0.25, 0.3) is 0 Å². The van der Waals surface area contributed by atoms with Gasteiger partial charge in [0.1, 0.15) is 5.82 Å². The van der Waals surface area contributed by atoms with Gasteiger partial charge in [0, 0.05) is 52.4 Å². The normalized spacial score (nSPS) is 17.4. The maximum absolute atomic E-state index is 11.5. The van der Waals surface area contributed by atoms with E-state index in [1.807, 2.05) is 17.2 Å². The van der Waals surface area contributed by atoms with E-state index >= 15 is 0 Å². The Kier molecular flexibility index (Phi) is 4.26. The maximum atomic E-state index is 11.5. The Balaban J connectivity index is 1.48. The summed E-state index contributed by atoms with van der Waals surface area (Å²) in [6.45, 7) is 6.58. The van der Waals surface area contributed by atoms with Gasteiger partial charge in [0.2, 0.25) is 11.9 Å². The van der Waals surface area contributed by atoms with Crippen LogP contribution in [-0.2, 0) is 17.8 Å². The van der Waals surface area contributed by atoms with Crippen LogP contribution in [0.3, 0.4) is 0 Å². The Morgan fingerprint density at radius 1 is 0.960 bits per heavy atom. The van der Waals surface area contributed by atoms with Crippen molar-refractivity contribution in [3.8, 4) is 0 Å². The van der Waals surface area contributed by atoms with Gasteiger partial charge < -0.3 is 14.7 Å². The number of hydrogen-bond acceptors (Lipinski definition) is 5. The van der Waals surface area contributed by atoms with E-state index in [9.17, 15) is 4.79 Å². The highest BCUT2D eigenvalue weighted by molar-refractivity contribution is 5.73. The van der Waals surface area contributed by atoms with Crippen molar-refractivity contribution < 1.29 is 4.79 Å². The lowest BCUT2D eigenvalue weighted by Gasteiger charge is -2.35. The molecule has 4 rings (SSSR count). The molecule has 0 radical (unpaired) electrons. The molecule has 0 saturated carbocycles. The van der Waals surface area contributed by atoms with Gasteiger partial charge in [-0.2, -0.15) is 4.98 Å². The molecule has 0 unspecified atom stereocenters. The summed E-state index contributed by atoms with van der Waals surface area (Å²) < 4.78 is 0. The lowest BCUT2D eigenvalue weighted by atomic mass is 10.0. The Morgan fingerprint density at radius 2 is 1.72 bits per heavy atom. The van der Waals surface area contributed by atoms with E-state index < -0.39 is 0 Å². The number of fused-ring (bicyclic) bond motifs is 1. The van der Waals surface area contributed by atoms with Crippen molar-refractivity contribution in [2.45, 2.75) is 19.9 Å². The molecule has 0 atom stereocenters. The van der Waals surface area contributed by atoms with Crippen molar-refractivity contribution in [3.63, 3.8) is 0 Å². The van der Waals surface area contributed by atoms with E-state index in [1.54, 1.807) is 6.92 Å². The molecule has 0 aliphatic carbocycles. The standard InChI is InChI=1S/C19H23N5O/c1-15(25)22-10-12-23(13-11-22)18-6-8-20-19(21-18)24-9-7-16-4-2-3-5-17(16)14-24/h2-6,8H,7,9-14H2,1H3. The number of carbonyl (C=O) groups excluding carboxylic acids is 1. The summed E-state index contributed by atoms with van der Waals surface area (Å²) in [6.07, 6.45) is 2.87. The van der Waals surface area contributed by atoms with E-state index in [2.05, 4.69) is 39.0 Å². The molecule has 3 heterocycles. The third-order valence-corrected chi connectivity index (χ3v) is 5.09. The molecule has 0 N–H and O–H groups in total. The predicted octanol–water partition coefficient (Wildman–Crippen LogP) is 1.71. The van der Waals surface area contributed by atoms with Gasteiger partial charge in [-0.25, -0.2) is 4.98 Å². The Labute approximate surface area is 148 Å². The largest absolute Gasteiger partial charge is 0.353 e. The summed E-state index contributed by atoms with van der Waals surface area (Å²) in [7, 11) is 0. The number of nitrogens with zero attached hydrogens (tertiary/aromatic N) is 5. The zero-order valence-corrected chi connectivity index (χ0v) is 14.6. The van der Waals surface area contributed by atoms with Crippen LogP contribution >= 0.6 is 0 Å². The van der Waals surface area contributed by atoms with Crippen LogP contribution in [0.25, 0.3) is 0 Å². The minimum absolute atomic E-state index is 0.148. The Morgan fingerprint density at radius 3 is 2.48 bits per heavy atom. The quantitative estimate of drug-likeness (QED) is 0.835. The fourth-order valence-electron chi connectivity index (χ4n) is 3.58. The van der Waals surface area contributed by atoms with Crippen molar-refractivity contribution in [1.29, 1.82) is 0 Å². The van der Waals surface area contributed by atoms with Crippen LogP contribution in [0.4, 0.5) is 11.8 Å². The number of aromatic nitrogens is 2. The smallest absolute Gasteiger partial charge is 0.227 e. The first-order chi connectivity index (χ1) is 12.2. The second-order valence-electron chi connectivity index (χ2n) is 6.65. The number of benzene rings is 1. The van der Waals surface area contributed by atoms with Gasteiger partial charge >= 0.3 is 0 Å². The van der Waals surface area contributed by atoms with E-state index in [1.165, 1.54) is 11.1 Å². The molecule has 1 aromatic heterocycles. The lowest BCUT2D eigenvalue weighted by Crippen LogP contribution is -2.48. The van der Waals surface area contributed by atoms with Gasteiger partial charge in [-0.05, 0) is 23.6 Å². The molecular weight excluding hydrogens is 314 g/mol. The second kappa shape index (κ2) is 6.70. The molecule has 2 aliphatic heterocycles. The number of rotatable bonds is 2. The monoisotopic (exact) mass is 337 g/mol. The molecule has 1 saturated heterocycles. The first-order valence-electron chi connectivity index (χ1n) is 8.86. The minimum Gasteiger partial charge on any atom is -0.353 e. The molecule has 1 aromatic carbocycles. The van der Waals surface area contributed by atoms with Crippen molar-refractivity contribution in [1.82, 2.24) is 14.9 Å². The van der Waals surface area contributed by atoms with Crippen LogP contribution in [0.15, 0.2) is 36.5 Å². The molecule has 2 aromatic rings. The van der Waals surface area contributed by atoms with Crippen LogP contribution in [-0.4, -0.2) is 53.5 Å².